The Bertz CT molecular complexity index is 1140. The number of halogens is 2. The molecule has 0 radical (unpaired) electrons. The van der Waals surface area contributed by atoms with Crippen LogP contribution in [0.4, 0.5) is 14.6 Å². The fraction of sp³-hybridized carbons (Fsp3) is 0.368. The molecule has 0 amide bonds. The van der Waals surface area contributed by atoms with Gasteiger partial charge in [-0.2, -0.15) is 5.10 Å². The van der Waals surface area contributed by atoms with Crippen LogP contribution in [0.5, 0.6) is 0 Å². The number of piperidine rings is 1. The van der Waals surface area contributed by atoms with Crippen molar-refractivity contribution in [1.29, 1.82) is 0 Å². The minimum absolute atomic E-state index is 0.303. The van der Waals surface area contributed by atoms with Gasteiger partial charge in [-0.05, 0) is 30.9 Å². The molecule has 154 valence electrons. The Morgan fingerprint density at radius 1 is 1.17 bits per heavy atom. The van der Waals surface area contributed by atoms with Crippen LogP contribution in [0.15, 0.2) is 43.1 Å². The fourth-order valence-electron chi connectivity index (χ4n) is 3.86. The molecule has 4 aromatic heterocycles. The van der Waals surface area contributed by atoms with Gasteiger partial charge in [0.05, 0.1) is 18.1 Å². The van der Waals surface area contributed by atoms with Crippen molar-refractivity contribution in [1.82, 2.24) is 39.6 Å². The third-order valence-electron chi connectivity index (χ3n) is 5.28. The molecule has 5 rings (SSSR count). The molecule has 1 fully saturated rings. The Morgan fingerprint density at radius 3 is 2.93 bits per heavy atom. The maximum Gasteiger partial charge on any atom is 0.282 e. The van der Waals surface area contributed by atoms with Gasteiger partial charge in [0.2, 0.25) is 0 Å². The molecule has 1 unspecified atom stereocenters. The molecule has 1 aliphatic rings. The van der Waals surface area contributed by atoms with Crippen LogP contribution in [0.25, 0.3) is 17.0 Å². The quantitative estimate of drug-likeness (QED) is 0.499. The topological polar surface area (TPSA) is 89.9 Å². The van der Waals surface area contributed by atoms with Gasteiger partial charge in [0.15, 0.2) is 5.65 Å². The third kappa shape index (κ3) is 3.58. The summed E-state index contributed by atoms with van der Waals surface area (Å²) in [4.78, 5) is 15.3. The Hall–Kier alpha value is -3.50. The molecular weight excluding hydrogens is 392 g/mol. The summed E-state index contributed by atoms with van der Waals surface area (Å²) in [6.45, 7) is 2.55. The molecule has 11 heteroatoms. The van der Waals surface area contributed by atoms with Gasteiger partial charge in [-0.3, -0.25) is 4.68 Å². The summed E-state index contributed by atoms with van der Waals surface area (Å²) in [6.07, 6.45) is 6.14. The van der Waals surface area contributed by atoms with E-state index in [0.717, 1.165) is 38.3 Å². The largest absolute Gasteiger partial charge is 0.356 e. The van der Waals surface area contributed by atoms with E-state index < -0.39 is 6.43 Å². The van der Waals surface area contributed by atoms with Crippen molar-refractivity contribution in [3.05, 3.63) is 48.8 Å². The molecule has 0 spiro atoms. The third-order valence-corrected chi connectivity index (χ3v) is 5.28. The first kappa shape index (κ1) is 18.5. The average molecular weight is 411 g/mol. The molecule has 4 aromatic rings. The molecule has 30 heavy (non-hydrogen) atoms. The van der Waals surface area contributed by atoms with Gasteiger partial charge in [-0.25, -0.2) is 28.2 Å². The highest BCUT2D eigenvalue weighted by Gasteiger charge is 2.22. The van der Waals surface area contributed by atoms with Crippen molar-refractivity contribution in [2.24, 2.45) is 5.92 Å². The normalized spacial score (nSPS) is 17.2. The van der Waals surface area contributed by atoms with Crippen LogP contribution in [-0.2, 0) is 6.54 Å². The van der Waals surface area contributed by atoms with Crippen LogP contribution >= 0.6 is 0 Å². The summed E-state index contributed by atoms with van der Waals surface area (Å²) < 4.78 is 29.4. The van der Waals surface area contributed by atoms with E-state index >= 15 is 0 Å². The zero-order valence-electron chi connectivity index (χ0n) is 16.0. The van der Waals surface area contributed by atoms with Crippen molar-refractivity contribution in [3.8, 4) is 11.4 Å². The van der Waals surface area contributed by atoms with E-state index in [2.05, 4.69) is 35.3 Å². The summed E-state index contributed by atoms with van der Waals surface area (Å²) in [7, 11) is 0. The second kappa shape index (κ2) is 7.73. The highest BCUT2D eigenvalue weighted by atomic mass is 19.3. The number of hydrogen-bond donors (Lipinski definition) is 0. The minimum atomic E-state index is -2.65. The Kier molecular flexibility index (Phi) is 4.77. The van der Waals surface area contributed by atoms with Gasteiger partial charge < -0.3 is 4.90 Å². The van der Waals surface area contributed by atoms with E-state index in [1.165, 1.54) is 23.0 Å². The van der Waals surface area contributed by atoms with Crippen molar-refractivity contribution in [2.75, 3.05) is 18.0 Å². The first-order valence-electron chi connectivity index (χ1n) is 9.71. The van der Waals surface area contributed by atoms with Gasteiger partial charge >= 0.3 is 0 Å². The van der Waals surface area contributed by atoms with E-state index in [-0.39, 0.29) is 5.69 Å². The van der Waals surface area contributed by atoms with Crippen molar-refractivity contribution in [3.63, 3.8) is 0 Å². The fourth-order valence-corrected chi connectivity index (χ4v) is 3.86. The van der Waals surface area contributed by atoms with Crippen LogP contribution in [-0.4, -0.2) is 52.6 Å². The lowest BCUT2D eigenvalue weighted by Gasteiger charge is -2.33. The van der Waals surface area contributed by atoms with Gasteiger partial charge in [-0.15, -0.1) is 5.10 Å². The SMILES string of the molecule is FC(F)c1ccc2ncc(-c3cc(N4CCCC(Cn5ccnn5)C4)ncn3)n2n1. The van der Waals surface area contributed by atoms with Crippen molar-refractivity contribution >= 4 is 11.5 Å². The van der Waals surface area contributed by atoms with E-state index in [0.29, 0.717) is 23.0 Å². The molecule has 0 N–H and O–H groups in total. The van der Waals surface area contributed by atoms with Crippen molar-refractivity contribution < 1.29 is 8.78 Å². The number of imidazole rings is 1. The van der Waals surface area contributed by atoms with Gasteiger partial charge in [0, 0.05) is 31.9 Å². The zero-order valence-corrected chi connectivity index (χ0v) is 16.0. The number of nitrogens with zero attached hydrogens (tertiary/aromatic N) is 9. The van der Waals surface area contributed by atoms with Gasteiger partial charge in [0.1, 0.15) is 23.5 Å². The molecule has 0 saturated carbocycles. The molecule has 1 aliphatic heterocycles. The van der Waals surface area contributed by atoms with Crippen LogP contribution in [0.2, 0.25) is 0 Å². The summed E-state index contributed by atoms with van der Waals surface area (Å²) >= 11 is 0. The summed E-state index contributed by atoms with van der Waals surface area (Å²) in [5.74, 6) is 1.23. The first-order valence-corrected chi connectivity index (χ1v) is 9.71. The molecule has 5 heterocycles. The lowest BCUT2D eigenvalue weighted by Crippen LogP contribution is -2.37. The molecule has 1 saturated heterocycles. The Labute approximate surface area is 170 Å². The van der Waals surface area contributed by atoms with Crippen LogP contribution in [0.3, 0.4) is 0 Å². The monoisotopic (exact) mass is 411 g/mol. The highest BCUT2D eigenvalue weighted by molar-refractivity contribution is 5.62. The lowest BCUT2D eigenvalue weighted by molar-refractivity contribution is 0.144. The summed E-state index contributed by atoms with van der Waals surface area (Å²) in [6, 6.07) is 4.67. The number of fused-ring (bicyclic) bond motifs is 1. The zero-order chi connectivity index (χ0) is 20.5. The summed E-state index contributed by atoms with van der Waals surface area (Å²) in [5.41, 5.74) is 1.32. The van der Waals surface area contributed by atoms with Crippen LogP contribution in [0.1, 0.15) is 25.0 Å². The molecular formula is C19H19F2N9. The predicted octanol–water partition coefficient (Wildman–Crippen LogP) is 2.63. The average Bonchev–Trinajstić information content (AvgIpc) is 3.43. The number of rotatable bonds is 5. The number of aromatic nitrogens is 8. The molecule has 0 aliphatic carbocycles. The smallest absolute Gasteiger partial charge is 0.282 e. The Morgan fingerprint density at radius 2 is 2.10 bits per heavy atom. The summed E-state index contributed by atoms with van der Waals surface area (Å²) in [5, 5.41) is 11.9. The molecule has 9 nitrogen and oxygen atoms in total. The maximum atomic E-state index is 13.1. The molecule has 1 atom stereocenters. The van der Waals surface area contributed by atoms with E-state index in [4.69, 9.17) is 0 Å². The second-order valence-electron chi connectivity index (χ2n) is 7.31. The van der Waals surface area contributed by atoms with E-state index in [1.807, 2.05) is 16.9 Å². The maximum absolute atomic E-state index is 13.1. The number of anilines is 1. The van der Waals surface area contributed by atoms with E-state index in [1.54, 1.807) is 12.4 Å². The minimum Gasteiger partial charge on any atom is -0.356 e. The lowest BCUT2D eigenvalue weighted by atomic mass is 9.98. The number of hydrogen-bond acceptors (Lipinski definition) is 7. The van der Waals surface area contributed by atoms with E-state index in [9.17, 15) is 8.78 Å². The predicted molar refractivity (Wildman–Crippen MR) is 104 cm³/mol. The van der Waals surface area contributed by atoms with Crippen LogP contribution in [0, 0.1) is 5.92 Å². The van der Waals surface area contributed by atoms with Gasteiger partial charge in [-0.1, -0.05) is 5.21 Å². The highest BCUT2D eigenvalue weighted by Crippen LogP contribution is 2.26. The Balaban J connectivity index is 1.41. The number of alkyl halides is 2. The first-order chi connectivity index (χ1) is 14.7. The second-order valence-corrected chi connectivity index (χ2v) is 7.31. The van der Waals surface area contributed by atoms with Crippen LogP contribution < -0.4 is 4.90 Å². The standard InChI is InChI=1S/C19H19F2N9/c20-19(21)14-3-4-17-22-9-16(30(17)26-14)15-8-18(24-12-23-15)28-6-1-2-13(10-28)11-29-7-5-25-27-29/h3-5,7-9,12-13,19H,1-2,6,10-11H2. The molecule has 0 aromatic carbocycles. The van der Waals surface area contributed by atoms with Crippen molar-refractivity contribution in [2.45, 2.75) is 25.8 Å². The van der Waals surface area contributed by atoms with Gasteiger partial charge in [0.25, 0.3) is 6.43 Å². The molecule has 0 bridgehead atoms.